The third-order valence-corrected chi connectivity index (χ3v) is 9.01. The van der Waals surface area contributed by atoms with Crippen molar-refractivity contribution >= 4 is 34.4 Å². The topological polar surface area (TPSA) is 85.5 Å². The molecule has 0 unspecified atom stereocenters. The molecule has 3 heterocycles. The molecule has 5 aromatic rings. The zero-order chi connectivity index (χ0) is 30.4. The fourth-order valence-corrected chi connectivity index (χ4v) is 6.78. The molecule has 7 heteroatoms. The minimum Gasteiger partial charge on any atom is -0.356 e. The lowest BCUT2D eigenvalue weighted by Crippen LogP contribution is -2.44. The number of carbonyl (C=O) groups is 3. The van der Waals surface area contributed by atoms with Crippen LogP contribution in [0.15, 0.2) is 103 Å². The fraction of sp³-hybridized carbons (Fsp3) is 0.216. The predicted molar refractivity (Wildman–Crippen MR) is 172 cm³/mol. The van der Waals surface area contributed by atoms with Crippen LogP contribution in [0.2, 0.25) is 0 Å². The number of imide groups is 1. The van der Waals surface area contributed by atoms with E-state index in [1.54, 1.807) is 29.2 Å². The van der Waals surface area contributed by atoms with E-state index in [0.717, 1.165) is 46.1 Å². The van der Waals surface area contributed by atoms with Crippen molar-refractivity contribution in [2.45, 2.75) is 51.2 Å². The number of amides is 4. The Morgan fingerprint density at radius 1 is 0.909 bits per heavy atom. The molecule has 220 valence electrons. The molecule has 0 radical (unpaired) electrons. The van der Waals surface area contributed by atoms with Gasteiger partial charge in [0.05, 0.1) is 11.3 Å². The van der Waals surface area contributed by atoms with E-state index in [9.17, 15) is 14.4 Å². The molecule has 4 amide bonds. The number of hydrogen-bond acceptors (Lipinski definition) is 3. The molecular formula is C37H34N4O3. The molecule has 3 atom stereocenters. The van der Waals surface area contributed by atoms with Crippen LogP contribution in [0.25, 0.3) is 10.9 Å². The zero-order valence-electron chi connectivity index (χ0n) is 24.8. The van der Waals surface area contributed by atoms with Gasteiger partial charge in [-0.1, -0.05) is 84.9 Å². The summed E-state index contributed by atoms with van der Waals surface area (Å²) in [4.78, 5) is 48.8. The molecule has 7 nitrogen and oxygen atoms in total. The van der Waals surface area contributed by atoms with Crippen molar-refractivity contribution in [1.29, 1.82) is 0 Å². The van der Waals surface area contributed by atoms with Crippen molar-refractivity contribution in [3.05, 3.63) is 137 Å². The standard InChI is InChI=1S/C37H34N4O3/c1-23-12-6-7-15-26(23)34-33-29(27-16-8-10-18-30(27)39-33)22-32-36(43)41(37(44)40(32)34)31-19-11-9-17-28(31)35(42)38-24(2)20-21-25-13-4-3-5-14-25/h3-19,24,32,34,39H,20-22H2,1-2H3,(H,38,42)/t24-,32+,34-/m1/s1. The minimum absolute atomic E-state index is 0.101. The molecule has 0 aliphatic carbocycles. The molecule has 44 heavy (non-hydrogen) atoms. The summed E-state index contributed by atoms with van der Waals surface area (Å²) in [5, 5.41) is 4.15. The normalized spacial score (nSPS) is 18.3. The number of aryl methyl sites for hydroxylation is 2. The number of anilines is 1. The van der Waals surface area contributed by atoms with Gasteiger partial charge in [-0.2, -0.15) is 0 Å². The molecule has 2 N–H and O–H groups in total. The van der Waals surface area contributed by atoms with Crippen molar-refractivity contribution in [2.24, 2.45) is 0 Å². The quantitative estimate of drug-likeness (QED) is 0.209. The van der Waals surface area contributed by atoms with Gasteiger partial charge in [0, 0.05) is 29.1 Å². The third-order valence-electron chi connectivity index (χ3n) is 9.01. The van der Waals surface area contributed by atoms with E-state index in [2.05, 4.69) is 28.5 Å². The van der Waals surface area contributed by atoms with E-state index < -0.39 is 18.1 Å². The molecule has 1 fully saturated rings. The van der Waals surface area contributed by atoms with Gasteiger partial charge in [0.1, 0.15) is 12.1 Å². The highest BCUT2D eigenvalue weighted by atomic mass is 16.2. The number of fused-ring (bicyclic) bond motifs is 4. The lowest BCUT2D eigenvalue weighted by Gasteiger charge is -2.36. The number of aromatic amines is 1. The SMILES string of the molecule is Cc1ccccc1[C@@H]1c2[nH]c3ccccc3c2C[C@H]2C(=O)N(c3ccccc3C(=O)N[C@H](C)CCc3ccccc3)C(=O)N12. The van der Waals surface area contributed by atoms with Gasteiger partial charge in [-0.15, -0.1) is 0 Å². The Bertz CT molecular complexity index is 1900. The summed E-state index contributed by atoms with van der Waals surface area (Å²) in [6.07, 6.45) is 1.99. The number of nitrogens with zero attached hydrogens (tertiary/aromatic N) is 2. The number of carbonyl (C=O) groups excluding carboxylic acids is 3. The Labute approximate surface area is 256 Å². The number of nitrogens with one attached hydrogen (secondary N) is 2. The average Bonchev–Trinajstić information content (AvgIpc) is 3.54. The Balaban J connectivity index is 1.23. The van der Waals surface area contributed by atoms with Crippen LogP contribution >= 0.6 is 0 Å². The number of hydrogen-bond donors (Lipinski definition) is 2. The lowest BCUT2D eigenvalue weighted by molar-refractivity contribution is -0.120. The Hall–Kier alpha value is -5.17. The first kappa shape index (κ1) is 27.7. The molecule has 0 bridgehead atoms. The summed E-state index contributed by atoms with van der Waals surface area (Å²) in [7, 11) is 0. The van der Waals surface area contributed by atoms with E-state index in [4.69, 9.17) is 0 Å². The smallest absolute Gasteiger partial charge is 0.332 e. The maximum atomic E-state index is 14.4. The number of para-hydroxylation sites is 2. The Kier molecular flexibility index (Phi) is 7.01. The number of urea groups is 1. The Morgan fingerprint density at radius 2 is 1.61 bits per heavy atom. The van der Waals surface area contributed by atoms with E-state index in [-0.39, 0.29) is 17.9 Å². The molecular weight excluding hydrogens is 548 g/mol. The van der Waals surface area contributed by atoms with Crippen molar-refractivity contribution in [1.82, 2.24) is 15.2 Å². The van der Waals surface area contributed by atoms with Gasteiger partial charge in [-0.3, -0.25) is 14.5 Å². The molecule has 0 saturated carbocycles. The summed E-state index contributed by atoms with van der Waals surface area (Å²) in [5.74, 6) is -0.625. The predicted octanol–water partition coefficient (Wildman–Crippen LogP) is 6.71. The van der Waals surface area contributed by atoms with E-state index in [1.807, 2.05) is 74.5 Å². The first-order valence-corrected chi connectivity index (χ1v) is 15.2. The number of benzene rings is 4. The van der Waals surface area contributed by atoms with Crippen LogP contribution in [0.4, 0.5) is 10.5 Å². The summed E-state index contributed by atoms with van der Waals surface area (Å²) in [6.45, 7) is 4.00. The van der Waals surface area contributed by atoms with Crippen LogP contribution < -0.4 is 10.2 Å². The van der Waals surface area contributed by atoms with Crippen LogP contribution in [-0.4, -0.2) is 39.8 Å². The maximum Gasteiger partial charge on any atom is 0.332 e. The van der Waals surface area contributed by atoms with Gasteiger partial charge in [0.2, 0.25) is 0 Å². The molecule has 2 aliphatic rings. The second-order valence-electron chi connectivity index (χ2n) is 11.8. The molecule has 2 aliphatic heterocycles. The van der Waals surface area contributed by atoms with Gasteiger partial charge in [-0.05, 0) is 67.1 Å². The van der Waals surface area contributed by atoms with Gasteiger partial charge >= 0.3 is 6.03 Å². The second-order valence-corrected chi connectivity index (χ2v) is 11.8. The largest absolute Gasteiger partial charge is 0.356 e. The maximum absolute atomic E-state index is 14.4. The highest BCUT2D eigenvalue weighted by Crippen LogP contribution is 2.45. The molecule has 0 spiro atoms. The summed E-state index contributed by atoms with van der Waals surface area (Å²) >= 11 is 0. The summed E-state index contributed by atoms with van der Waals surface area (Å²) in [6, 6.07) is 31.4. The number of H-pyrrole nitrogens is 1. The molecule has 1 aromatic heterocycles. The summed E-state index contributed by atoms with van der Waals surface area (Å²) in [5.41, 5.74) is 6.78. The van der Waals surface area contributed by atoms with Gasteiger partial charge in [-0.25, -0.2) is 9.69 Å². The third kappa shape index (κ3) is 4.65. The van der Waals surface area contributed by atoms with Gasteiger partial charge in [0.15, 0.2) is 0 Å². The zero-order valence-corrected chi connectivity index (χ0v) is 24.8. The van der Waals surface area contributed by atoms with Crippen LogP contribution in [0.5, 0.6) is 0 Å². The van der Waals surface area contributed by atoms with Crippen molar-refractivity contribution in [3.8, 4) is 0 Å². The van der Waals surface area contributed by atoms with Crippen molar-refractivity contribution in [3.63, 3.8) is 0 Å². The van der Waals surface area contributed by atoms with E-state index in [1.165, 1.54) is 10.5 Å². The number of rotatable bonds is 7. The van der Waals surface area contributed by atoms with Crippen LogP contribution in [-0.2, 0) is 17.6 Å². The minimum atomic E-state index is -0.695. The highest BCUT2D eigenvalue weighted by Gasteiger charge is 2.53. The summed E-state index contributed by atoms with van der Waals surface area (Å²) < 4.78 is 0. The van der Waals surface area contributed by atoms with Gasteiger partial charge in [0.25, 0.3) is 11.8 Å². The van der Waals surface area contributed by atoms with Crippen LogP contribution in [0.1, 0.15) is 57.7 Å². The molecule has 7 rings (SSSR count). The fourth-order valence-electron chi connectivity index (χ4n) is 6.78. The first-order valence-electron chi connectivity index (χ1n) is 15.2. The van der Waals surface area contributed by atoms with Gasteiger partial charge < -0.3 is 10.3 Å². The van der Waals surface area contributed by atoms with Crippen molar-refractivity contribution < 1.29 is 14.4 Å². The highest BCUT2D eigenvalue weighted by molar-refractivity contribution is 6.24. The molecule has 1 saturated heterocycles. The van der Waals surface area contributed by atoms with Crippen LogP contribution in [0.3, 0.4) is 0 Å². The first-order chi connectivity index (χ1) is 21.4. The Morgan fingerprint density at radius 3 is 2.43 bits per heavy atom. The van der Waals surface area contributed by atoms with Crippen LogP contribution in [0, 0.1) is 6.92 Å². The van der Waals surface area contributed by atoms with E-state index in [0.29, 0.717) is 17.7 Å². The average molecular weight is 583 g/mol. The van der Waals surface area contributed by atoms with Crippen molar-refractivity contribution in [2.75, 3.05) is 4.90 Å². The molecule has 4 aromatic carbocycles. The second kappa shape index (κ2) is 11.2. The van der Waals surface area contributed by atoms with E-state index >= 15 is 0 Å². The lowest BCUT2D eigenvalue weighted by atomic mass is 9.87. The number of aromatic nitrogens is 1. The monoisotopic (exact) mass is 582 g/mol.